The van der Waals surface area contributed by atoms with Gasteiger partial charge in [-0.1, -0.05) is 121 Å². The lowest BCUT2D eigenvalue weighted by atomic mass is 9.29. The van der Waals surface area contributed by atoms with E-state index in [1.165, 1.54) is 71.6 Å². The van der Waals surface area contributed by atoms with Gasteiger partial charge in [0, 0.05) is 95.3 Å². The Morgan fingerprint density at radius 3 is 1.26 bits per heavy atom. The predicted octanol–water partition coefficient (Wildman–Crippen LogP) is 9.81. The van der Waals surface area contributed by atoms with E-state index in [-0.39, 0.29) is 13.4 Å². The normalized spacial score (nSPS) is 14.1. The van der Waals surface area contributed by atoms with Gasteiger partial charge in [-0.2, -0.15) is 0 Å². The molecule has 3 aromatic heterocycles. The average molecular weight is 773 g/mol. The van der Waals surface area contributed by atoms with Crippen LogP contribution in [0.15, 0.2) is 185 Å². The van der Waals surface area contributed by atoms with Crippen molar-refractivity contribution in [2.24, 2.45) is 0 Å². The minimum atomic E-state index is -0.0158. The summed E-state index contributed by atoms with van der Waals surface area (Å²) in [6, 6.07) is 64.8. The number of para-hydroxylation sites is 6. The van der Waals surface area contributed by atoms with Crippen molar-refractivity contribution >= 4 is 146 Å². The number of furan rings is 2. The molecule has 61 heavy (non-hydrogen) atoms. The van der Waals surface area contributed by atoms with Crippen molar-refractivity contribution in [3.8, 4) is 5.69 Å². The number of hydrogen-bond acceptors (Lipinski definition) is 4. The first-order valence-electron chi connectivity index (χ1n) is 21.2. The van der Waals surface area contributed by atoms with Gasteiger partial charge in [0.15, 0.2) is 0 Å². The van der Waals surface area contributed by atoms with Gasteiger partial charge >= 0.3 is 0 Å². The molecule has 0 saturated carbocycles. The minimum absolute atomic E-state index is 0.0158. The number of nitrogens with zero attached hydrogens (tertiary/aromatic N) is 3. The molecule has 0 fully saturated rings. The van der Waals surface area contributed by atoms with Crippen LogP contribution in [0, 0.1) is 0 Å². The highest BCUT2D eigenvalue weighted by Gasteiger charge is 2.50. The molecule has 9 aromatic carbocycles. The molecule has 0 aliphatic carbocycles. The summed E-state index contributed by atoms with van der Waals surface area (Å²) < 4.78 is 16.0. The Morgan fingerprint density at radius 1 is 0.328 bits per heavy atom. The first-order chi connectivity index (χ1) is 30.3. The van der Waals surface area contributed by atoms with Gasteiger partial charge in [-0.25, -0.2) is 0 Å². The largest absolute Gasteiger partial charge is 0.456 e. The summed E-state index contributed by atoms with van der Waals surface area (Å²) in [4.78, 5) is 5.01. The SMILES string of the molecule is c1ccc(N2c3cc4oc5ccccc5c4cc3B3c4c2cc2c5c4-n4c6c3cccc6c3cccc(c34)B5c3cc4c(cc3N2c2ccccc2)oc2ccccc24)cc1. The fourth-order valence-electron chi connectivity index (χ4n) is 12.0. The molecular formula is C54H29B2N3O2. The topological polar surface area (TPSA) is 37.7 Å². The molecule has 7 heteroatoms. The molecule has 7 heterocycles. The maximum absolute atomic E-state index is 6.67. The van der Waals surface area contributed by atoms with Crippen LogP contribution in [0.2, 0.25) is 0 Å². The van der Waals surface area contributed by atoms with E-state index in [1.54, 1.807) is 0 Å². The summed E-state index contributed by atoms with van der Waals surface area (Å²) in [7, 11) is 0. The summed E-state index contributed by atoms with van der Waals surface area (Å²) >= 11 is 0. The molecule has 0 unspecified atom stereocenters. The van der Waals surface area contributed by atoms with E-state index in [0.29, 0.717) is 0 Å². The second-order valence-corrected chi connectivity index (χ2v) is 17.1. The molecule has 4 aliphatic heterocycles. The highest BCUT2D eigenvalue weighted by atomic mass is 16.3. The average Bonchev–Trinajstić information content (AvgIpc) is 3.98. The molecule has 16 rings (SSSR count). The third-order valence-corrected chi connectivity index (χ3v) is 14.3. The van der Waals surface area contributed by atoms with Gasteiger partial charge in [0.25, 0.3) is 13.4 Å². The quantitative estimate of drug-likeness (QED) is 0.164. The van der Waals surface area contributed by atoms with Crippen LogP contribution in [0.1, 0.15) is 0 Å². The van der Waals surface area contributed by atoms with Crippen LogP contribution in [0.3, 0.4) is 0 Å². The maximum Gasteiger partial charge on any atom is 0.252 e. The zero-order valence-electron chi connectivity index (χ0n) is 32.6. The van der Waals surface area contributed by atoms with E-state index in [2.05, 4.69) is 190 Å². The molecule has 0 bridgehead atoms. The second kappa shape index (κ2) is 10.6. The minimum Gasteiger partial charge on any atom is -0.456 e. The molecule has 4 aliphatic rings. The monoisotopic (exact) mass is 773 g/mol. The molecule has 0 amide bonds. The number of rotatable bonds is 2. The van der Waals surface area contributed by atoms with Crippen LogP contribution in [0.4, 0.5) is 34.1 Å². The smallest absolute Gasteiger partial charge is 0.252 e. The van der Waals surface area contributed by atoms with Crippen LogP contribution >= 0.6 is 0 Å². The third kappa shape index (κ3) is 3.62. The fraction of sp³-hybridized carbons (Fsp3) is 0. The number of fused-ring (bicyclic) bond motifs is 13. The molecular weight excluding hydrogens is 744 g/mol. The molecule has 0 atom stereocenters. The molecule has 5 nitrogen and oxygen atoms in total. The zero-order valence-corrected chi connectivity index (χ0v) is 32.6. The zero-order chi connectivity index (χ0) is 39.2. The van der Waals surface area contributed by atoms with Gasteiger partial charge in [0.05, 0.1) is 0 Å². The number of hydrogen-bond donors (Lipinski definition) is 0. The Balaban J connectivity index is 1.13. The Bertz CT molecular complexity index is 3730. The van der Waals surface area contributed by atoms with Crippen LogP contribution < -0.4 is 42.6 Å². The van der Waals surface area contributed by atoms with Crippen LogP contribution in [-0.2, 0) is 0 Å². The van der Waals surface area contributed by atoms with Gasteiger partial charge in [-0.15, -0.1) is 0 Å². The van der Waals surface area contributed by atoms with E-state index in [4.69, 9.17) is 8.83 Å². The van der Waals surface area contributed by atoms with Gasteiger partial charge < -0.3 is 23.2 Å². The predicted molar refractivity (Wildman–Crippen MR) is 254 cm³/mol. The molecule has 278 valence electrons. The first-order valence-corrected chi connectivity index (χ1v) is 21.2. The van der Waals surface area contributed by atoms with E-state index < -0.39 is 0 Å². The standard InChI is InChI=1S/C54H29B2N3O2/c1-3-13-30(14-4-1)57-42-28-48-36(32-17-7-9-23-46(32)60-48)25-40(42)55-38-21-11-19-34-35-20-12-22-39-53(35)59(52(34)38)54-50(55)44(57)27-45-51(54)56(39)41-26-37-33-18-8-10-24-47(33)61-49(37)29-43(41)58(45)31-15-5-2-6-16-31/h1-29H. The molecule has 0 radical (unpaired) electrons. The molecule has 0 spiro atoms. The van der Waals surface area contributed by atoms with E-state index in [9.17, 15) is 0 Å². The van der Waals surface area contributed by atoms with Gasteiger partial charge in [0.2, 0.25) is 0 Å². The van der Waals surface area contributed by atoms with Crippen LogP contribution in [0.25, 0.3) is 71.4 Å². The summed E-state index contributed by atoms with van der Waals surface area (Å²) in [6.07, 6.45) is 0. The van der Waals surface area contributed by atoms with Gasteiger partial charge in [-0.05, 0) is 75.2 Å². The second-order valence-electron chi connectivity index (χ2n) is 17.1. The number of aromatic nitrogens is 1. The van der Waals surface area contributed by atoms with Crippen molar-refractivity contribution in [3.63, 3.8) is 0 Å². The lowest BCUT2D eigenvalue weighted by Crippen LogP contribution is -2.67. The first kappa shape index (κ1) is 31.1. The van der Waals surface area contributed by atoms with Crippen molar-refractivity contribution in [3.05, 3.63) is 176 Å². The summed E-state index contributed by atoms with van der Waals surface area (Å²) in [5.74, 6) is 0. The summed E-state index contributed by atoms with van der Waals surface area (Å²) in [6.45, 7) is -0.0317. The van der Waals surface area contributed by atoms with Crippen molar-refractivity contribution in [1.29, 1.82) is 0 Å². The number of anilines is 6. The van der Waals surface area contributed by atoms with Crippen molar-refractivity contribution in [1.82, 2.24) is 4.57 Å². The molecule has 0 N–H and O–H groups in total. The molecule has 0 saturated heterocycles. The maximum atomic E-state index is 6.67. The van der Waals surface area contributed by atoms with Crippen molar-refractivity contribution in [2.45, 2.75) is 0 Å². The lowest BCUT2D eigenvalue weighted by Gasteiger charge is -2.46. The lowest BCUT2D eigenvalue weighted by molar-refractivity contribution is 0.668. The van der Waals surface area contributed by atoms with E-state index >= 15 is 0 Å². The van der Waals surface area contributed by atoms with Crippen molar-refractivity contribution < 1.29 is 8.83 Å². The molecule has 12 aromatic rings. The van der Waals surface area contributed by atoms with Crippen LogP contribution in [0.5, 0.6) is 0 Å². The fourth-order valence-corrected chi connectivity index (χ4v) is 12.0. The Hall–Kier alpha value is -7.89. The van der Waals surface area contributed by atoms with E-state index in [1.807, 2.05) is 0 Å². The Kier molecular flexibility index (Phi) is 5.42. The highest BCUT2D eigenvalue weighted by Crippen LogP contribution is 2.49. The third-order valence-electron chi connectivity index (χ3n) is 14.3. The van der Waals surface area contributed by atoms with Crippen molar-refractivity contribution in [2.75, 3.05) is 9.80 Å². The Labute approximate surface area is 349 Å². The van der Waals surface area contributed by atoms with E-state index in [0.717, 1.165) is 66.6 Å². The van der Waals surface area contributed by atoms with Gasteiger partial charge in [-0.3, -0.25) is 0 Å². The summed E-state index contributed by atoms with van der Waals surface area (Å²) in [5.41, 5.74) is 22.4. The van der Waals surface area contributed by atoms with Crippen LogP contribution in [-0.4, -0.2) is 18.0 Å². The number of benzene rings is 9. The Morgan fingerprint density at radius 2 is 0.770 bits per heavy atom. The highest BCUT2D eigenvalue weighted by molar-refractivity contribution is 7.04. The summed E-state index contributed by atoms with van der Waals surface area (Å²) in [5, 5.41) is 7.19. The van der Waals surface area contributed by atoms with Gasteiger partial charge in [0.1, 0.15) is 22.3 Å².